The third kappa shape index (κ3) is 5.21. The van der Waals surface area contributed by atoms with Crippen molar-refractivity contribution in [3.63, 3.8) is 0 Å². The van der Waals surface area contributed by atoms with E-state index >= 15 is 0 Å². The number of carbonyl (C=O) groups excluding carboxylic acids is 1. The molecule has 0 heterocycles. The molecule has 0 aromatic heterocycles. The summed E-state index contributed by atoms with van der Waals surface area (Å²) in [6.07, 6.45) is -3.80. The second kappa shape index (κ2) is 6.05. The van der Waals surface area contributed by atoms with Gasteiger partial charge in [-0.1, -0.05) is 28.1 Å². The number of halogens is 4. The first kappa shape index (κ1) is 14.0. The van der Waals surface area contributed by atoms with E-state index in [1.807, 2.05) is 0 Å². The molecule has 0 aliphatic carbocycles. The van der Waals surface area contributed by atoms with Gasteiger partial charge in [0.1, 0.15) is 5.75 Å². The monoisotopic (exact) mass is 310 g/mol. The highest BCUT2D eigenvalue weighted by molar-refractivity contribution is 9.09. The first-order valence-electron chi connectivity index (χ1n) is 4.87. The molecular weight excluding hydrogens is 301 g/mol. The number of hydrogen-bond acceptors (Lipinski definition) is 2. The van der Waals surface area contributed by atoms with Crippen LogP contribution in [0.25, 0.3) is 0 Å². The van der Waals surface area contributed by atoms with Crippen molar-refractivity contribution in [3.05, 3.63) is 29.8 Å². The molecule has 1 rings (SSSR count). The Bertz CT molecular complexity index is 391. The van der Waals surface area contributed by atoms with Gasteiger partial charge in [0.15, 0.2) is 5.78 Å². The molecule has 0 atom stereocenters. The van der Waals surface area contributed by atoms with Crippen LogP contribution < -0.4 is 4.74 Å². The summed E-state index contributed by atoms with van der Waals surface area (Å²) in [7, 11) is 0. The lowest BCUT2D eigenvalue weighted by atomic mass is 10.1. The van der Waals surface area contributed by atoms with E-state index in [-0.39, 0.29) is 17.1 Å². The largest absolute Gasteiger partial charge is 0.573 e. The van der Waals surface area contributed by atoms with Crippen molar-refractivity contribution < 1.29 is 22.7 Å². The van der Waals surface area contributed by atoms with E-state index in [0.717, 1.165) is 12.1 Å². The lowest BCUT2D eigenvalue weighted by Crippen LogP contribution is -2.17. The van der Waals surface area contributed by atoms with Crippen molar-refractivity contribution in [2.45, 2.75) is 19.2 Å². The van der Waals surface area contributed by atoms with Gasteiger partial charge >= 0.3 is 6.36 Å². The molecule has 0 unspecified atom stereocenters. The fraction of sp³-hybridized carbons (Fsp3) is 0.364. The first-order valence-corrected chi connectivity index (χ1v) is 5.99. The molecule has 0 fully saturated rings. The van der Waals surface area contributed by atoms with Crippen LogP contribution in [-0.4, -0.2) is 17.5 Å². The number of hydrogen-bond donors (Lipinski definition) is 0. The van der Waals surface area contributed by atoms with E-state index in [9.17, 15) is 18.0 Å². The summed E-state index contributed by atoms with van der Waals surface area (Å²) >= 11 is 3.18. The van der Waals surface area contributed by atoms with Crippen molar-refractivity contribution in [2.24, 2.45) is 0 Å². The Morgan fingerprint density at radius 3 is 2.65 bits per heavy atom. The Balaban J connectivity index is 2.75. The van der Waals surface area contributed by atoms with Gasteiger partial charge in [0.05, 0.1) is 0 Å². The molecule has 1 aromatic rings. The summed E-state index contributed by atoms with van der Waals surface area (Å²) in [5.41, 5.74) is 0.229. The maximum Gasteiger partial charge on any atom is 0.573 e. The van der Waals surface area contributed by atoms with E-state index in [1.165, 1.54) is 12.1 Å². The van der Waals surface area contributed by atoms with Crippen LogP contribution in [0.3, 0.4) is 0 Å². The van der Waals surface area contributed by atoms with Gasteiger partial charge in [-0.25, -0.2) is 0 Å². The molecule has 0 spiro atoms. The molecule has 0 saturated carbocycles. The molecule has 2 nitrogen and oxygen atoms in total. The molecule has 0 saturated heterocycles. The number of ketones is 1. The van der Waals surface area contributed by atoms with Crippen LogP contribution in [0, 0.1) is 0 Å². The lowest BCUT2D eigenvalue weighted by molar-refractivity contribution is -0.274. The zero-order valence-electron chi connectivity index (χ0n) is 8.76. The van der Waals surface area contributed by atoms with Gasteiger partial charge in [-0.2, -0.15) is 0 Å². The van der Waals surface area contributed by atoms with Crippen LogP contribution in [0.1, 0.15) is 23.2 Å². The highest BCUT2D eigenvalue weighted by atomic mass is 79.9. The fourth-order valence-electron chi connectivity index (χ4n) is 1.24. The van der Waals surface area contributed by atoms with Gasteiger partial charge < -0.3 is 4.74 Å². The van der Waals surface area contributed by atoms with E-state index < -0.39 is 6.36 Å². The minimum Gasteiger partial charge on any atom is -0.406 e. The molecule has 6 heteroatoms. The molecule has 0 amide bonds. The topological polar surface area (TPSA) is 26.3 Å². The molecule has 1 aromatic carbocycles. The smallest absolute Gasteiger partial charge is 0.406 e. The van der Waals surface area contributed by atoms with Crippen LogP contribution >= 0.6 is 15.9 Å². The van der Waals surface area contributed by atoms with Gasteiger partial charge in [-0.05, 0) is 18.6 Å². The van der Waals surface area contributed by atoms with E-state index in [4.69, 9.17) is 0 Å². The highest BCUT2D eigenvalue weighted by Crippen LogP contribution is 2.23. The second-order valence-corrected chi connectivity index (χ2v) is 4.08. The molecular formula is C11H10BrF3O2. The summed E-state index contributed by atoms with van der Waals surface area (Å²) in [4.78, 5) is 11.6. The van der Waals surface area contributed by atoms with Crippen molar-refractivity contribution in [2.75, 3.05) is 5.33 Å². The maximum atomic E-state index is 12.0. The Kier molecular flexibility index (Phi) is 4.99. The van der Waals surface area contributed by atoms with Gasteiger partial charge in [0.25, 0.3) is 0 Å². The summed E-state index contributed by atoms with van der Waals surface area (Å²) < 4.78 is 39.6. The highest BCUT2D eigenvalue weighted by Gasteiger charge is 2.31. The first-order chi connectivity index (χ1) is 7.92. The van der Waals surface area contributed by atoms with Crippen molar-refractivity contribution >= 4 is 21.7 Å². The number of rotatable bonds is 5. The second-order valence-electron chi connectivity index (χ2n) is 3.29. The summed E-state index contributed by atoms with van der Waals surface area (Å²) in [5.74, 6) is -0.570. The van der Waals surface area contributed by atoms with Crippen molar-refractivity contribution in [1.82, 2.24) is 0 Å². The van der Waals surface area contributed by atoms with Crippen LogP contribution in [0.2, 0.25) is 0 Å². The Labute approximate surface area is 105 Å². The zero-order valence-corrected chi connectivity index (χ0v) is 10.3. The number of ether oxygens (including phenoxy) is 1. The summed E-state index contributed by atoms with van der Waals surface area (Å²) in [6, 6.07) is 5.10. The van der Waals surface area contributed by atoms with Crippen LogP contribution in [0.5, 0.6) is 5.75 Å². The molecule has 17 heavy (non-hydrogen) atoms. The average molecular weight is 311 g/mol. The SMILES string of the molecule is O=C(CCCBr)c1cccc(OC(F)(F)F)c1. The molecule has 0 N–H and O–H groups in total. The van der Waals surface area contributed by atoms with Gasteiger partial charge in [0.2, 0.25) is 0 Å². The van der Waals surface area contributed by atoms with E-state index in [1.54, 1.807) is 0 Å². The van der Waals surface area contributed by atoms with E-state index in [0.29, 0.717) is 18.2 Å². The Hall–Kier alpha value is -1.04. The summed E-state index contributed by atoms with van der Waals surface area (Å²) in [5, 5.41) is 0.678. The third-order valence-electron chi connectivity index (χ3n) is 1.93. The van der Waals surface area contributed by atoms with Crippen LogP contribution in [0.4, 0.5) is 13.2 Å². The predicted molar refractivity (Wildman–Crippen MR) is 60.5 cm³/mol. The minimum atomic E-state index is -4.74. The number of alkyl halides is 4. The molecule has 0 radical (unpaired) electrons. The fourth-order valence-corrected chi connectivity index (χ4v) is 1.52. The van der Waals surface area contributed by atoms with Crippen molar-refractivity contribution in [3.8, 4) is 5.75 Å². The predicted octanol–water partition coefficient (Wildman–Crippen LogP) is 3.94. The maximum absolute atomic E-state index is 12.0. The van der Waals surface area contributed by atoms with Crippen LogP contribution in [-0.2, 0) is 0 Å². The van der Waals surface area contributed by atoms with Gasteiger partial charge in [0, 0.05) is 17.3 Å². The minimum absolute atomic E-state index is 0.197. The Morgan fingerprint density at radius 2 is 2.06 bits per heavy atom. The number of benzene rings is 1. The standard InChI is InChI=1S/C11H10BrF3O2/c12-6-2-5-10(16)8-3-1-4-9(7-8)17-11(13,14)15/h1,3-4,7H,2,5-6H2. The number of Topliss-reactive ketones (excluding diaryl/α,β-unsaturated/α-hetero) is 1. The zero-order chi connectivity index (χ0) is 12.9. The third-order valence-corrected chi connectivity index (χ3v) is 2.49. The molecule has 0 aliphatic rings. The summed E-state index contributed by atoms with van der Waals surface area (Å²) in [6.45, 7) is 0. The van der Waals surface area contributed by atoms with E-state index in [2.05, 4.69) is 20.7 Å². The van der Waals surface area contributed by atoms with Crippen LogP contribution in [0.15, 0.2) is 24.3 Å². The lowest BCUT2D eigenvalue weighted by Gasteiger charge is -2.09. The Morgan fingerprint density at radius 1 is 1.35 bits per heavy atom. The van der Waals surface area contributed by atoms with Crippen molar-refractivity contribution in [1.29, 1.82) is 0 Å². The molecule has 0 aliphatic heterocycles. The molecule has 94 valence electrons. The van der Waals surface area contributed by atoms with Gasteiger partial charge in [-0.15, -0.1) is 13.2 Å². The average Bonchev–Trinajstić information content (AvgIpc) is 2.24. The van der Waals surface area contributed by atoms with Gasteiger partial charge in [-0.3, -0.25) is 4.79 Å². The quantitative estimate of drug-likeness (QED) is 0.608. The normalized spacial score (nSPS) is 11.3. The number of carbonyl (C=O) groups is 1. The molecule has 0 bridgehead atoms.